The number of hydrogen-bond donors (Lipinski definition) is 1. The predicted molar refractivity (Wildman–Crippen MR) is 85.7 cm³/mol. The summed E-state index contributed by atoms with van der Waals surface area (Å²) < 4.78 is 33.5. The topological polar surface area (TPSA) is 59.9 Å². The first kappa shape index (κ1) is 17.4. The first-order valence-corrected chi connectivity index (χ1v) is 7.03. The Morgan fingerprint density at radius 2 is 1.54 bits per heavy atom. The van der Waals surface area contributed by atoms with Gasteiger partial charge in [-0.15, -0.1) is 0 Å². The van der Waals surface area contributed by atoms with Gasteiger partial charge >= 0.3 is 6.61 Å². The lowest BCUT2D eigenvalue weighted by Gasteiger charge is -2.06. The second kappa shape index (κ2) is 8.05. The summed E-state index contributed by atoms with van der Waals surface area (Å²) in [6.07, 6.45) is 0. The van der Waals surface area contributed by atoms with Gasteiger partial charge in [0, 0.05) is 5.56 Å². The van der Waals surface area contributed by atoms with E-state index in [4.69, 9.17) is 4.74 Å². The Bertz CT molecular complexity index is 714. The van der Waals surface area contributed by atoms with Gasteiger partial charge in [-0.25, -0.2) is 5.43 Å². The zero-order valence-corrected chi connectivity index (χ0v) is 13.1. The summed E-state index contributed by atoms with van der Waals surface area (Å²) in [5, 5.41) is 4.00. The van der Waals surface area contributed by atoms with Crippen molar-refractivity contribution >= 4 is 11.6 Å². The second-order valence-corrected chi connectivity index (χ2v) is 4.77. The number of rotatable bonds is 6. The summed E-state index contributed by atoms with van der Waals surface area (Å²) in [6.45, 7) is -1.17. The molecular weight excluding hydrogens is 318 g/mol. The predicted octanol–water partition coefficient (Wildman–Crippen LogP) is 3.45. The number of amides is 1. The minimum Gasteiger partial charge on any atom is -0.497 e. The molecule has 5 nitrogen and oxygen atoms in total. The number of methoxy groups -OCH3 is 1. The van der Waals surface area contributed by atoms with Crippen molar-refractivity contribution in [2.45, 2.75) is 13.5 Å². The van der Waals surface area contributed by atoms with Gasteiger partial charge < -0.3 is 9.47 Å². The zero-order chi connectivity index (χ0) is 17.5. The Morgan fingerprint density at radius 1 is 1.00 bits per heavy atom. The number of hydrazone groups is 1. The third-order valence-electron chi connectivity index (χ3n) is 3.17. The molecule has 0 saturated heterocycles. The van der Waals surface area contributed by atoms with Crippen molar-refractivity contribution in [3.8, 4) is 11.5 Å². The van der Waals surface area contributed by atoms with E-state index < -0.39 is 6.61 Å². The fourth-order valence-corrected chi connectivity index (χ4v) is 1.88. The molecule has 24 heavy (non-hydrogen) atoms. The van der Waals surface area contributed by atoms with Crippen LogP contribution in [0.15, 0.2) is 53.6 Å². The number of alkyl halides is 2. The average molecular weight is 334 g/mol. The number of halogens is 2. The van der Waals surface area contributed by atoms with Crippen LogP contribution in [-0.4, -0.2) is 25.3 Å². The number of hydrogen-bond acceptors (Lipinski definition) is 4. The summed E-state index contributed by atoms with van der Waals surface area (Å²) >= 11 is 0. The van der Waals surface area contributed by atoms with E-state index in [9.17, 15) is 13.6 Å². The zero-order valence-electron chi connectivity index (χ0n) is 13.1. The van der Waals surface area contributed by atoms with Crippen LogP contribution < -0.4 is 14.9 Å². The minimum absolute atomic E-state index is 0.0591. The third kappa shape index (κ3) is 4.77. The Balaban J connectivity index is 2.00. The third-order valence-corrected chi connectivity index (χ3v) is 3.17. The first-order valence-electron chi connectivity index (χ1n) is 7.03. The van der Waals surface area contributed by atoms with Crippen molar-refractivity contribution in [3.63, 3.8) is 0 Å². The summed E-state index contributed by atoms with van der Waals surface area (Å²) in [4.78, 5) is 12.0. The standard InChI is InChI=1S/C17H16F2N2O3/c1-11(12-3-9-15(10-4-12)24-17(18)19)20-21-16(22)13-5-7-14(23-2)8-6-13/h3-10,17H,1-2H3,(H,21,22)/b20-11-. The van der Waals surface area contributed by atoms with E-state index in [1.807, 2.05) is 0 Å². The van der Waals surface area contributed by atoms with Crippen LogP contribution in [0.25, 0.3) is 0 Å². The van der Waals surface area contributed by atoms with Crippen LogP contribution in [0, 0.1) is 0 Å². The maximum atomic E-state index is 12.1. The molecule has 0 unspecified atom stereocenters. The molecule has 0 aliphatic rings. The van der Waals surface area contributed by atoms with Gasteiger partial charge in [-0.2, -0.15) is 13.9 Å². The van der Waals surface area contributed by atoms with E-state index in [0.717, 1.165) is 0 Å². The molecule has 0 radical (unpaired) electrons. The van der Waals surface area contributed by atoms with Crippen LogP contribution in [0.1, 0.15) is 22.8 Å². The lowest BCUT2D eigenvalue weighted by Crippen LogP contribution is -2.19. The molecular formula is C17H16F2N2O3. The smallest absolute Gasteiger partial charge is 0.387 e. The van der Waals surface area contributed by atoms with Crippen molar-refractivity contribution in [2.24, 2.45) is 5.10 Å². The van der Waals surface area contributed by atoms with Gasteiger partial charge in [0.1, 0.15) is 11.5 Å². The first-order chi connectivity index (χ1) is 11.5. The van der Waals surface area contributed by atoms with E-state index in [2.05, 4.69) is 15.3 Å². The molecule has 0 saturated carbocycles. The van der Waals surface area contributed by atoms with Gasteiger partial charge in [-0.3, -0.25) is 4.79 Å². The molecule has 0 fully saturated rings. The molecule has 126 valence electrons. The molecule has 2 aromatic carbocycles. The van der Waals surface area contributed by atoms with Gasteiger partial charge in [0.05, 0.1) is 12.8 Å². The van der Waals surface area contributed by atoms with Gasteiger partial charge in [-0.05, 0) is 61.0 Å². The average Bonchev–Trinajstić information content (AvgIpc) is 2.59. The summed E-state index contributed by atoms with van der Waals surface area (Å²) in [7, 11) is 1.54. The molecule has 0 aliphatic heterocycles. The fourth-order valence-electron chi connectivity index (χ4n) is 1.88. The number of benzene rings is 2. The Kier molecular flexibility index (Phi) is 5.83. The fraction of sp³-hybridized carbons (Fsp3) is 0.176. The summed E-state index contributed by atoms with van der Waals surface area (Å²) in [5.41, 5.74) is 4.08. The molecule has 2 rings (SSSR count). The van der Waals surface area contributed by atoms with Crippen LogP contribution in [-0.2, 0) is 0 Å². The number of carbonyl (C=O) groups excluding carboxylic acids is 1. The summed E-state index contributed by atoms with van der Waals surface area (Å²) in [6, 6.07) is 12.6. The van der Waals surface area contributed by atoms with Crippen molar-refractivity contribution in [1.29, 1.82) is 0 Å². The molecule has 1 N–H and O–H groups in total. The molecule has 7 heteroatoms. The van der Waals surface area contributed by atoms with Gasteiger partial charge in [0.15, 0.2) is 0 Å². The number of ether oxygens (including phenoxy) is 2. The lowest BCUT2D eigenvalue weighted by atomic mass is 10.1. The minimum atomic E-state index is -2.87. The second-order valence-electron chi connectivity index (χ2n) is 4.77. The molecule has 0 aromatic heterocycles. The maximum Gasteiger partial charge on any atom is 0.387 e. The van der Waals surface area contributed by atoms with Gasteiger partial charge in [0.2, 0.25) is 0 Å². The van der Waals surface area contributed by atoms with Crippen molar-refractivity contribution in [2.75, 3.05) is 7.11 Å². The highest BCUT2D eigenvalue weighted by Gasteiger charge is 2.07. The molecule has 0 bridgehead atoms. The van der Waals surface area contributed by atoms with Gasteiger partial charge in [0.25, 0.3) is 5.91 Å². The molecule has 0 atom stereocenters. The van der Waals surface area contributed by atoms with Crippen LogP contribution in [0.2, 0.25) is 0 Å². The van der Waals surface area contributed by atoms with E-state index in [1.165, 1.54) is 12.1 Å². The highest BCUT2D eigenvalue weighted by molar-refractivity contribution is 6.00. The van der Waals surface area contributed by atoms with Crippen molar-refractivity contribution in [3.05, 3.63) is 59.7 Å². The molecule has 0 heterocycles. The SMILES string of the molecule is COc1ccc(C(=O)N/N=C(/C)c2ccc(OC(F)F)cc2)cc1. The van der Waals surface area contributed by atoms with Crippen LogP contribution in [0.3, 0.4) is 0 Å². The molecule has 2 aromatic rings. The van der Waals surface area contributed by atoms with Crippen LogP contribution in [0.5, 0.6) is 11.5 Å². The number of nitrogens with zero attached hydrogens (tertiary/aromatic N) is 1. The number of nitrogens with one attached hydrogen (secondary N) is 1. The van der Waals surface area contributed by atoms with E-state index in [1.54, 1.807) is 50.4 Å². The Morgan fingerprint density at radius 3 is 2.08 bits per heavy atom. The van der Waals surface area contributed by atoms with Crippen molar-refractivity contribution in [1.82, 2.24) is 5.43 Å². The van der Waals surface area contributed by atoms with Crippen molar-refractivity contribution < 1.29 is 23.0 Å². The van der Waals surface area contributed by atoms with E-state index >= 15 is 0 Å². The summed E-state index contributed by atoms with van der Waals surface area (Å²) in [5.74, 6) is 0.343. The van der Waals surface area contributed by atoms with E-state index in [0.29, 0.717) is 22.6 Å². The molecule has 0 spiro atoms. The Labute approximate surface area is 137 Å². The molecule has 1 amide bonds. The van der Waals surface area contributed by atoms with Crippen LogP contribution in [0.4, 0.5) is 8.78 Å². The highest BCUT2D eigenvalue weighted by Crippen LogP contribution is 2.15. The normalized spacial score (nSPS) is 11.3. The van der Waals surface area contributed by atoms with Gasteiger partial charge in [-0.1, -0.05) is 0 Å². The van der Waals surface area contributed by atoms with E-state index in [-0.39, 0.29) is 11.7 Å². The monoisotopic (exact) mass is 334 g/mol. The highest BCUT2D eigenvalue weighted by atomic mass is 19.3. The van der Waals surface area contributed by atoms with Crippen LogP contribution >= 0.6 is 0 Å². The quantitative estimate of drug-likeness (QED) is 0.650. The molecule has 0 aliphatic carbocycles. The maximum absolute atomic E-state index is 12.1. The Hall–Kier alpha value is -2.96. The number of carbonyl (C=O) groups is 1. The largest absolute Gasteiger partial charge is 0.497 e. The lowest BCUT2D eigenvalue weighted by molar-refractivity contribution is -0.0498.